The number of sulfonamides is 1. The lowest BCUT2D eigenvalue weighted by atomic mass is 10.2. The van der Waals surface area contributed by atoms with E-state index in [1.54, 1.807) is 12.1 Å². The summed E-state index contributed by atoms with van der Waals surface area (Å²) in [6.45, 7) is -0.0847. The molecular formula is C12H15N3O4S. The lowest BCUT2D eigenvalue weighted by Gasteiger charge is -2.06. The van der Waals surface area contributed by atoms with Crippen molar-refractivity contribution in [2.24, 2.45) is 0 Å². The first-order valence-corrected chi connectivity index (χ1v) is 7.61. The molecule has 7 nitrogen and oxygen atoms in total. The highest BCUT2D eigenvalue weighted by molar-refractivity contribution is 7.88. The maximum absolute atomic E-state index is 11.9. The van der Waals surface area contributed by atoms with Gasteiger partial charge in [-0.15, -0.1) is 0 Å². The Morgan fingerprint density at radius 3 is 2.85 bits per heavy atom. The predicted molar refractivity (Wildman–Crippen MR) is 73.4 cm³/mol. The molecule has 1 amide bonds. The number of carbonyl (C=O) groups excluding carboxylic acids is 1. The van der Waals surface area contributed by atoms with Crippen molar-refractivity contribution in [2.45, 2.75) is 0 Å². The molecule has 1 rings (SSSR count). The molecule has 0 aliphatic rings. The Hall–Kier alpha value is -1.95. The Bertz CT molecular complexity index is 632. The van der Waals surface area contributed by atoms with E-state index in [0.717, 1.165) is 6.26 Å². The highest BCUT2D eigenvalue weighted by Crippen LogP contribution is 2.03. The second-order valence-corrected chi connectivity index (χ2v) is 5.61. The molecule has 0 saturated heterocycles. The van der Waals surface area contributed by atoms with E-state index in [0.29, 0.717) is 5.56 Å². The lowest BCUT2D eigenvalue weighted by molar-refractivity contribution is 0.0949. The van der Waals surface area contributed by atoms with E-state index in [-0.39, 0.29) is 25.4 Å². The Morgan fingerprint density at radius 1 is 1.45 bits per heavy atom. The van der Waals surface area contributed by atoms with E-state index in [2.05, 4.69) is 26.9 Å². The van der Waals surface area contributed by atoms with Crippen LogP contribution < -0.4 is 10.0 Å². The van der Waals surface area contributed by atoms with Gasteiger partial charge in [0.15, 0.2) is 0 Å². The van der Waals surface area contributed by atoms with Crippen molar-refractivity contribution >= 4 is 15.9 Å². The van der Waals surface area contributed by atoms with E-state index in [4.69, 9.17) is 5.11 Å². The lowest BCUT2D eigenvalue weighted by Crippen LogP contribution is -2.34. The van der Waals surface area contributed by atoms with Gasteiger partial charge in [-0.2, -0.15) is 0 Å². The van der Waals surface area contributed by atoms with Crippen LogP contribution in [0.3, 0.4) is 0 Å². The van der Waals surface area contributed by atoms with Gasteiger partial charge < -0.3 is 10.4 Å². The molecule has 0 unspecified atom stereocenters. The molecule has 1 aromatic heterocycles. The van der Waals surface area contributed by atoms with Gasteiger partial charge in [-0.25, -0.2) is 18.1 Å². The van der Waals surface area contributed by atoms with Crippen molar-refractivity contribution in [3.63, 3.8) is 0 Å². The maximum atomic E-state index is 11.9. The summed E-state index contributed by atoms with van der Waals surface area (Å²) < 4.78 is 23.9. The third kappa shape index (κ3) is 5.79. The van der Waals surface area contributed by atoms with E-state index < -0.39 is 15.9 Å². The van der Waals surface area contributed by atoms with Gasteiger partial charge >= 0.3 is 0 Å². The summed E-state index contributed by atoms with van der Waals surface area (Å²) in [6, 6.07) is 3.24. The molecule has 0 aliphatic heterocycles. The number of nitrogens with zero attached hydrogens (tertiary/aromatic N) is 1. The number of aliphatic hydroxyl groups is 1. The first kappa shape index (κ1) is 16.1. The van der Waals surface area contributed by atoms with Crippen LogP contribution in [0.5, 0.6) is 0 Å². The quantitative estimate of drug-likeness (QED) is 0.462. The van der Waals surface area contributed by atoms with Gasteiger partial charge in [-0.3, -0.25) is 4.79 Å². The van der Waals surface area contributed by atoms with E-state index in [9.17, 15) is 13.2 Å². The molecule has 1 heterocycles. The molecule has 0 saturated carbocycles. The van der Waals surface area contributed by atoms with Crippen LogP contribution in [0.4, 0.5) is 0 Å². The van der Waals surface area contributed by atoms with Crippen LogP contribution >= 0.6 is 0 Å². The molecule has 0 fully saturated rings. The highest BCUT2D eigenvalue weighted by atomic mass is 32.2. The zero-order valence-electron chi connectivity index (χ0n) is 10.9. The second kappa shape index (κ2) is 7.59. The van der Waals surface area contributed by atoms with Crippen LogP contribution in [-0.2, 0) is 10.0 Å². The third-order valence-corrected chi connectivity index (χ3v) is 2.83. The normalized spacial score (nSPS) is 10.5. The molecule has 0 aromatic carbocycles. The summed E-state index contributed by atoms with van der Waals surface area (Å²) in [5.74, 6) is 4.61. The minimum Gasteiger partial charge on any atom is -0.384 e. The van der Waals surface area contributed by atoms with E-state index in [1.807, 2.05) is 0 Å². The topological polar surface area (TPSA) is 108 Å². The van der Waals surface area contributed by atoms with Crippen LogP contribution in [0, 0.1) is 11.8 Å². The van der Waals surface area contributed by atoms with E-state index in [1.165, 1.54) is 6.20 Å². The van der Waals surface area contributed by atoms with Crippen LogP contribution in [0.2, 0.25) is 0 Å². The predicted octanol–water partition coefficient (Wildman–Crippen LogP) is -1.30. The van der Waals surface area contributed by atoms with Crippen LogP contribution in [0.1, 0.15) is 16.1 Å². The van der Waals surface area contributed by atoms with Crippen molar-refractivity contribution in [1.82, 2.24) is 15.0 Å². The van der Waals surface area contributed by atoms with Crippen molar-refractivity contribution in [3.8, 4) is 11.8 Å². The molecule has 0 spiro atoms. The molecular weight excluding hydrogens is 282 g/mol. The first-order chi connectivity index (χ1) is 9.44. The van der Waals surface area contributed by atoms with Crippen molar-refractivity contribution in [3.05, 3.63) is 29.6 Å². The number of aliphatic hydroxyl groups excluding tert-OH is 1. The fourth-order valence-corrected chi connectivity index (χ4v) is 1.79. The highest BCUT2D eigenvalue weighted by Gasteiger charge is 2.11. The zero-order valence-corrected chi connectivity index (χ0v) is 11.7. The van der Waals surface area contributed by atoms with Gasteiger partial charge in [-0.1, -0.05) is 11.8 Å². The molecule has 3 N–H and O–H groups in total. The summed E-state index contributed by atoms with van der Waals surface area (Å²) in [6.07, 6.45) is 2.49. The fraction of sp³-hybridized carbons (Fsp3) is 0.333. The summed E-state index contributed by atoms with van der Waals surface area (Å²) in [5, 5.41) is 11.2. The number of carbonyl (C=O) groups is 1. The fourth-order valence-electron chi connectivity index (χ4n) is 1.32. The zero-order chi connectivity index (χ0) is 15.0. The second-order valence-electron chi connectivity index (χ2n) is 3.78. The molecule has 0 atom stereocenters. The molecule has 20 heavy (non-hydrogen) atoms. The average Bonchev–Trinajstić information content (AvgIpc) is 2.40. The smallest absolute Gasteiger partial charge is 0.271 e. The Kier molecular flexibility index (Phi) is 6.11. The molecule has 8 heteroatoms. The summed E-state index contributed by atoms with van der Waals surface area (Å²) in [5.41, 5.74) is 0.530. The van der Waals surface area contributed by atoms with Crippen LogP contribution in [-0.4, -0.2) is 50.4 Å². The summed E-state index contributed by atoms with van der Waals surface area (Å²) in [4.78, 5) is 15.8. The Balaban J connectivity index is 2.64. The van der Waals surface area contributed by atoms with Crippen LogP contribution in [0.15, 0.2) is 18.3 Å². The number of pyridine rings is 1. The monoisotopic (exact) mass is 297 g/mol. The summed E-state index contributed by atoms with van der Waals surface area (Å²) >= 11 is 0. The van der Waals surface area contributed by atoms with Gasteiger partial charge in [0.2, 0.25) is 10.0 Å². The number of amides is 1. The average molecular weight is 297 g/mol. The molecule has 1 aromatic rings. The number of hydrogen-bond donors (Lipinski definition) is 3. The Morgan fingerprint density at radius 2 is 2.20 bits per heavy atom. The molecule has 108 valence electrons. The third-order valence-electron chi connectivity index (χ3n) is 2.10. The maximum Gasteiger partial charge on any atom is 0.271 e. The molecule has 0 radical (unpaired) electrons. The van der Waals surface area contributed by atoms with Crippen molar-refractivity contribution in [1.29, 1.82) is 0 Å². The van der Waals surface area contributed by atoms with Crippen molar-refractivity contribution < 1.29 is 18.3 Å². The number of rotatable bonds is 5. The summed E-state index contributed by atoms with van der Waals surface area (Å²) in [7, 11) is -3.27. The number of nitrogens with one attached hydrogen (secondary N) is 2. The largest absolute Gasteiger partial charge is 0.384 e. The van der Waals surface area contributed by atoms with Gasteiger partial charge in [-0.05, 0) is 12.1 Å². The number of hydrogen-bond acceptors (Lipinski definition) is 5. The minimum atomic E-state index is -3.27. The van der Waals surface area contributed by atoms with Gasteiger partial charge in [0, 0.05) is 19.3 Å². The standard InChI is InChI=1S/C12H15N3O4S/c1-20(18,19)15-8-7-14-12(17)11-10(5-3-9-16)4-2-6-13-11/h2,4,6,15-16H,7-9H2,1H3,(H,14,17). The van der Waals surface area contributed by atoms with Gasteiger partial charge in [0.25, 0.3) is 5.91 Å². The molecule has 0 bridgehead atoms. The number of aromatic nitrogens is 1. The van der Waals surface area contributed by atoms with E-state index >= 15 is 0 Å². The minimum absolute atomic E-state index is 0.0923. The van der Waals surface area contributed by atoms with Crippen molar-refractivity contribution in [2.75, 3.05) is 26.0 Å². The SMILES string of the molecule is CS(=O)(=O)NCCNC(=O)c1ncccc1C#CCO. The first-order valence-electron chi connectivity index (χ1n) is 5.71. The Labute approximate surface area is 117 Å². The van der Waals surface area contributed by atoms with Gasteiger partial charge in [0.05, 0.1) is 11.8 Å². The van der Waals surface area contributed by atoms with Crippen LogP contribution in [0.25, 0.3) is 0 Å². The van der Waals surface area contributed by atoms with Gasteiger partial charge in [0.1, 0.15) is 12.3 Å². The molecule has 0 aliphatic carbocycles.